The molecule has 0 aromatic heterocycles. The van der Waals surface area contributed by atoms with Crippen LogP contribution in [-0.4, -0.2) is 32.7 Å². The van der Waals surface area contributed by atoms with Gasteiger partial charge in [0.25, 0.3) is 0 Å². The molecule has 0 aromatic rings. The zero-order valence-corrected chi connectivity index (χ0v) is 17.0. The molecule has 0 atom stereocenters. The third-order valence-corrected chi connectivity index (χ3v) is 21.7. The fourth-order valence-electron chi connectivity index (χ4n) is 1.68. The zero-order chi connectivity index (χ0) is 13.4. The molecular weight excluding hydrogens is 376 g/mol. The molecule has 0 amide bonds. The Bertz CT molecular complexity index is 199. The number of hydrogen-bond donors (Lipinski definition) is 0. The Morgan fingerprint density at radius 3 is 1.88 bits per heavy atom. The van der Waals surface area contributed by atoms with E-state index in [1.54, 1.807) is 0 Å². The molecule has 0 unspecified atom stereocenters. The lowest BCUT2D eigenvalue weighted by Gasteiger charge is -2.38. The van der Waals surface area contributed by atoms with Gasteiger partial charge in [-0.2, -0.15) is 0 Å². The third kappa shape index (κ3) is 7.50. The number of unbranched alkanes of at least 4 members (excludes halogenated alkanes) is 2. The van der Waals surface area contributed by atoms with Crippen molar-refractivity contribution in [3.05, 3.63) is 0 Å². The van der Waals surface area contributed by atoms with Gasteiger partial charge in [-0.3, -0.25) is 0 Å². The quantitative estimate of drug-likeness (QED) is 0.271. The lowest BCUT2D eigenvalue weighted by Crippen LogP contribution is -2.57. The summed E-state index contributed by atoms with van der Waals surface area (Å²) in [5.41, 5.74) is 0. The van der Waals surface area contributed by atoms with Gasteiger partial charge < -0.3 is 4.43 Å². The first-order valence-electron chi connectivity index (χ1n) is 6.63. The van der Waals surface area contributed by atoms with E-state index in [1.165, 1.54) is 31.7 Å². The Morgan fingerprint density at radius 2 is 1.35 bits per heavy atom. The van der Waals surface area contributed by atoms with E-state index in [0.717, 1.165) is 17.3 Å². The zero-order valence-electron chi connectivity index (χ0n) is 11.8. The summed E-state index contributed by atoms with van der Waals surface area (Å²) >= 11 is 6.99. The maximum atomic E-state index is 6.30. The highest BCUT2D eigenvalue weighted by atomic mass is 79.9. The van der Waals surface area contributed by atoms with Crippen LogP contribution in [0.3, 0.4) is 0 Å². The van der Waals surface area contributed by atoms with Gasteiger partial charge in [-0.15, -0.1) is 0 Å². The highest BCUT2D eigenvalue weighted by molar-refractivity contribution is 9.09. The predicted octanol–water partition coefficient (Wildman–Crippen LogP) is 5.35. The molecule has 104 valence electrons. The van der Waals surface area contributed by atoms with E-state index in [9.17, 15) is 0 Å². The fraction of sp³-hybridized carbons (Fsp3) is 1.00. The minimum absolute atomic E-state index is 0.972. The Balaban J connectivity index is 4.05. The average molecular weight is 404 g/mol. The molecule has 0 N–H and O–H groups in total. The molecule has 0 aliphatic rings. The van der Waals surface area contributed by atoms with Crippen LogP contribution in [0.1, 0.15) is 25.7 Å². The number of alkyl halides is 2. The van der Waals surface area contributed by atoms with Gasteiger partial charge in [0, 0.05) is 17.3 Å². The summed E-state index contributed by atoms with van der Waals surface area (Å²) in [7, 11) is -2.57. The summed E-state index contributed by atoms with van der Waals surface area (Å²) in [6, 6.07) is 1.43. The molecule has 0 aliphatic carbocycles. The average Bonchev–Trinajstić information content (AvgIpc) is 2.24. The minimum Gasteiger partial charge on any atom is -0.420 e. The van der Waals surface area contributed by atoms with E-state index in [0.29, 0.717) is 0 Å². The van der Waals surface area contributed by atoms with Crippen molar-refractivity contribution in [1.29, 1.82) is 0 Å². The van der Waals surface area contributed by atoms with E-state index >= 15 is 0 Å². The van der Waals surface area contributed by atoms with Crippen molar-refractivity contribution in [2.24, 2.45) is 0 Å². The smallest absolute Gasteiger partial charge is 0.173 e. The highest BCUT2D eigenvalue weighted by Crippen LogP contribution is 2.26. The Kier molecular flexibility index (Phi) is 10.0. The van der Waals surface area contributed by atoms with E-state index in [1.807, 2.05) is 0 Å². The Hall–Kier alpha value is 1.35. The highest BCUT2D eigenvalue weighted by Gasteiger charge is 2.41. The number of halogens is 2. The lowest BCUT2D eigenvalue weighted by molar-refractivity contribution is 0.310. The Labute approximate surface area is 126 Å². The second kappa shape index (κ2) is 9.29. The standard InChI is InChI=1S/C12H28Br2OSi2/c1-16(2,12-8-6-10-14)17(3,4)15-11-7-5-9-13/h5-12H2,1-4H3. The van der Waals surface area contributed by atoms with Gasteiger partial charge in [0.1, 0.15) is 0 Å². The van der Waals surface area contributed by atoms with Crippen molar-refractivity contribution < 1.29 is 4.43 Å². The SMILES string of the molecule is C[Si](C)(CCCCBr)[Si](C)(C)OCCCCBr. The van der Waals surface area contributed by atoms with Crippen LogP contribution in [0.25, 0.3) is 0 Å². The molecule has 0 saturated carbocycles. The van der Waals surface area contributed by atoms with Crippen molar-refractivity contribution in [2.75, 3.05) is 17.3 Å². The first kappa shape index (κ1) is 18.4. The van der Waals surface area contributed by atoms with Crippen LogP contribution in [-0.2, 0) is 4.43 Å². The van der Waals surface area contributed by atoms with Crippen LogP contribution in [0.2, 0.25) is 32.2 Å². The molecule has 0 radical (unpaired) electrons. The molecule has 0 rings (SSSR count). The third-order valence-electron chi connectivity index (χ3n) is 3.81. The molecule has 0 bridgehead atoms. The van der Waals surface area contributed by atoms with Gasteiger partial charge in [-0.1, -0.05) is 57.4 Å². The second-order valence-corrected chi connectivity index (χ2v) is 22.6. The van der Waals surface area contributed by atoms with E-state index in [4.69, 9.17) is 4.43 Å². The second-order valence-electron chi connectivity index (χ2n) is 5.78. The van der Waals surface area contributed by atoms with Gasteiger partial charge in [-0.05, 0) is 32.4 Å². The summed E-state index contributed by atoms with van der Waals surface area (Å²) in [6.45, 7) is 10.9. The molecule has 17 heavy (non-hydrogen) atoms. The van der Waals surface area contributed by atoms with Gasteiger partial charge in [0.15, 0.2) is 7.83 Å². The first-order chi connectivity index (χ1) is 7.87. The van der Waals surface area contributed by atoms with Crippen LogP contribution in [0.5, 0.6) is 0 Å². The lowest BCUT2D eigenvalue weighted by atomic mass is 10.4. The van der Waals surface area contributed by atoms with E-state index < -0.39 is 15.4 Å². The number of hydrogen-bond acceptors (Lipinski definition) is 1. The maximum Gasteiger partial charge on any atom is 0.173 e. The van der Waals surface area contributed by atoms with Crippen LogP contribution in [0.4, 0.5) is 0 Å². The topological polar surface area (TPSA) is 9.23 Å². The molecule has 0 aliphatic heterocycles. The summed E-state index contributed by atoms with van der Waals surface area (Å²) in [4.78, 5) is 0. The summed E-state index contributed by atoms with van der Waals surface area (Å²) in [5.74, 6) is 0. The molecule has 5 heteroatoms. The normalized spacial score (nSPS) is 13.1. The monoisotopic (exact) mass is 402 g/mol. The fourth-order valence-corrected chi connectivity index (χ4v) is 9.07. The summed E-state index contributed by atoms with van der Waals surface area (Å²) in [6.07, 6.45) is 5.11. The van der Waals surface area contributed by atoms with Gasteiger partial charge >= 0.3 is 0 Å². The van der Waals surface area contributed by atoms with Crippen LogP contribution in [0, 0.1) is 0 Å². The summed E-state index contributed by atoms with van der Waals surface area (Å²) in [5, 5.41) is 2.25. The molecule has 0 aromatic carbocycles. The first-order valence-corrected chi connectivity index (χ1v) is 16.0. The van der Waals surface area contributed by atoms with Crippen molar-refractivity contribution in [3.63, 3.8) is 0 Å². The van der Waals surface area contributed by atoms with Crippen LogP contribution < -0.4 is 0 Å². The molecular formula is C12H28Br2OSi2. The van der Waals surface area contributed by atoms with Crippen LogP contribution >= 0.6 is 31.9 Å². The molecule has 0 fully saturated rings. The summed E-state index contributed by atoms with van der Waals surface area (Å²) < 4.78 is 6.30. The Morgan fingerprint density at radius 1 is 0.824 bits per heavy atom. The van der Waals surface area contributed by atoms with Crippen molar-refractivity contribution in [1.82, 2.24) is 0 Å². The van der Waals surface area contributed by atoms with Crippen LogP contribution in [0.15, 0.2) is 0 Å². The van der Waals surface area contributed by atoms with Gasteiger partial charge in [-0.25, -0.2) is 0 Å². The number of rotatable bonds is 10. The van der Waals surface area contributed by atoms with Crippen molar-refractivity contribution in [2.45, 2.75) is 57.9 Å². The van der Waals surface area contributed by atoms with E-state index in [-0.39, 0.29) is 0 Å². The van der Waals surface area contributed by atoms with E-state index in [2.05, 4.69) is 58.0 Å². The minimum atomic E-state index is -1.42. The predicted molar refractivity (Wildman–Crippen MR) is 91.8 cm³/mol. The maximum absolute atomic E-state index is 6.30. The van der Waals surface area contributed by atoms with Gasteiger partial charge in [0.2, 0.25) is 0 Å². The van der Waals surface area contributed by atoms with Crippen molar-refractivity contribution in [3.8, 4) is 0 Å². The molecule has 0 heterocycles. The van der Waals surface area contributed by atoms with Gasteiger partial charge in [0.05, 0.1) is 7.59 Å². The molecule has 1 nitrogen and oxygen atoms in total. The van der Waals surface area contributed by atoms with Crippen molar-refractivity contribution >= 4 is 47.3 Å². The molecule has 0 spiro atoms. The largest absolute Gasteiger partial charge is 0.420 e. The molecule has 0 saturated heterocycles.